The van der Waals surface area contributed by atoms with Gasteiger partial charge in [-0.1, -0.05) is 5.16 Å². The van der Waals surface area contributed by atoms with E-state index in [0.717, 1.165) is 22.5 Å². The minimum atomic E-state index is -1.21. The number of aromatic nitrogens is 3. The monoisotopic (exact) mass is 516 g/mol. The predicted molar refractivity (Wildman–Crippen MR) is 124 cm³/mol. The van der Waals surface area contributed by atoms with Gasteiger partial charge >= 0.3 is 5.97 Å². The first-order chi connectivity index (χ1) is 16.9. The highest BCUT2D eigenvalue weighted by atomic mass is 32.2. The van der Waals surface area contributed by atoms with Gasteiger partial charge < -0.3 is 25.4 Å². The lowest BCUT2D eigenvalue weighted by Crippen LogP contribution is -2.71. The molecule has 3 aromatic heterocycles. The van der Waals surface area contributed by atoms with Crippen LogP contribution in [0.25, 0.3) is 11.0 Å². The molecular formula is C20H18N7O6S2+. The minimum Gasteiger partial charge on any atom is -0.477 e. The van der Waals surface area contributed by atoms with Crippen LogP contribution < -0.4 is 15.6 Å². The number of β-lactam (4-membered cyclic amide) rings is 1. The second-order valence-electron chi connectivity index (χ2n) is 7.55. The van der Waals surface area contributed by atoms with Crippen molar-refractivity contribution in [1.82, 2.24) is 19.6 Å². The average molecular weight is 517 g/mol. The number of pyridine rings is 1. The molecule has 35 heavy (non-hydrogen) atoms. The van der Waals surface area contributed by atoms with E-state index in [9.17, 15) is 19.5 Å². The van der Waals surface area contributed by atoms with Crippen molar-refractivity contribution in [2.24, 2.45) is 5.16 Å². The molecule has 1 unspecified atom stereocenters. The number of hydrogen-bond acceptors (Lipinski definition) is 11. The van der Waals surface area contributed by atoms with Crippen molar-refractivity contribution >= 4 is 62.9 Å². The van der Waals surface area contributed by atoms with Crippen LogP contribution in [0.3, 0.4) is 0 Å². The SMILES string of the molecule is CO/N=C(\C(=O)NC1C(=O)N2C(C(=O)O)=C(C[n+]3ccc4occc4c3)CS[C@H]12)c1nsc(N)n1. The highest BCUT2D eigenvalue weighted by molar-refractivity contribution is 8.00. The minimum absolute atomic E-state index is 0.0354. The van der Waals surface area contributed by atoms with Crippen molar-refractivity contribution in [3.05, 3.63) is 47.9 Å². The molecule has 0 spiro atoms. The van der Waals surface area contributed by atoms with E-state index in [-0.39, 0.29) is 28.9 Å². The largest absolute Gasteiger partial charge is 0.477 e. The van der Waals surface area contributed by atoms with Crippen LogP contribution in [0.4, 0.5) is 5.13 Å². The van der Waals surface area contributed by atoms with Gasteiger partial charge in [0.1, 0.15) is 29.8 Å². The van der Waals surface area contributed by atoms with Crippen LogP contribution >= 0.6 is 23.3 Å². The Bertz CT molecular complexity index is 1410. The third-order valence-electron chi connectivity index (χ3n) is 5.41. The Balaban J connectivity index is 1.36. The van der Waals surface area contributed by atoms with E-state index in [4.69, 9.17) is 15.0 Å². The van der Waals surface area contributed by atoms with Crippen LogP contribution in [0.2, 0.25) is 0 Å². The Hall–Kier alpha value is -3.98. The number of amides is 2. The van der Waals surface area contributed by atoms with Crippen LogP contribution in [-0.4, -0.2) is 67.1 Å². The fraction of sp³-hybridized carbons (Fsp3) is 0.250. The van der Waals surface area contributed by atoms with Crippen LogP contribution in [0, 0.1) is 0 Å². The number of furan rings is 1. The second-order valence-corrected chi connectivity index (χ2v) is 9.44. The summed E-state index contributed by atoms with van der Waals surface area (Å²) in [5, 5.41) is 16.6. The number of carbonyl (C=O) groups is 3. The Morgan fingerprint density at radius 2 is 2.29 bits per heavy atom. The topological polar surface area (TPSA) is 177 Å². The zero-order valence-corrected chi connectivity index (χ0v) is 19.7. The number of rotatable bonds is 7. The van der Waals surface area contributed by atoms with Crippen molar-refractivity contribution in [1.29, 1.82) is 0 Å². The molecule has 0 saturated carbocycles. The van der Waals surface area contributed by atoms with Gasteiger partial charge in [0.15, 0.2) is 24.1 Å². The lowest BCUT2D eigenvalue weighted by atomic mass is 10.0. The average Bonchev–Trinajstić information content (AvgIpc) is 3.48. The maximum absolute atomic E-state index is 13.0. The van der Waals surface area contributed by atoms with E-state index in [2.05, 4.69) is 19.8 Å². The third kappa shape index (κ3) is 4.08. The Labute approximate surface area is 205 Å². The van der Waals surface area contributed by atoms with Gasteiger partial charge in [0.2, 0.25) is 11.5 Å². The quantitative estimate of drug-likeness (QED) is 0.167. The van der Waals surface area contributed by atoms with Crippen molar-refractivity contribution < 1.29 is 33.3 Å². The molecule has 13 nitrogen and oxygen atoms in total. The van der Waals surface area contributed by atoms with Gasteiger partial charge in [-0.3, -0.25) is 14.5 Å². The summed E-state index contributed by atoms with van der Waals surface area (Å²) in [6.45, 7) is 0.283. The number of nitrogens with two attached hydrogens (primary N) is 1. The van der Waals surface area contributed by atoms with Crippen molar-refractivity contribution in [3.63, 3.8) is 0 Å². The van der Waals surface area contributed by atoms with Crippen LogP contribution in [0.15, 0.2) is 51.6 Å². The molecule has 2 aliphatic rings. The molecule has 4 N–H and O–H groups in total. The van der Waals surface area contributed by atoms with Gasteiger partial charge in [-0.25, -0.2) is 9.36 Å². The molecular weight excluding hydrogens is 498 g/mol. The van der Waals surface area contributed by atoms with Gasteiger partial charge in [-0.15, -0.1) is 11.8 Å². The number of anilines is 1. The highest BCUT2D eigenvalue weighted by Crippen LogP contribution is 2.40. The molecule has 0 aromatic carbocycles. The summed E-state index contributed by atoms with van der Waals surface area (Å²) in [7, 11) is 1.25. The standard InChI is InChI=1S/C20H17N7O6S2/c1-32-24-12(15-23-20(21)35-25-15)16(28)22-13-17(29)27-14(19(30)31)10(8-34-18(13)27)7-26-4-2-11-9(6-26)3-5-33-11/h2-6,13,18H,7-8H2,1H3,(H3-,21,22,23,25,28,30,31)/p+1/b24-12-/t13?,18-/m1/s1. The van der Waals surface area contributed by atoms with E-state index < -0.39 is 29.2 Å². The molecule has 1 fully saturated rings. The van der Waals surface area contributed by atoms with Crippen LogP contribution in [-0.2, 0) is 25.8 Å². The molecule has 1 saturated heterocycles. The molecule has 2 aliphatic heterocycles. The molecule has 3 aromatic rings. The predicted octanol–water partition coefficient (Wildman–Crippen LogP) is -0.0567. The zero-order valence-electron chi connectivity index (χ0n) is 18.1. The van der Waals surface area contributed by atoms with Crippen molar-refractivity contribution in [3.8, 4) is 0 Å². The lowest BCUT2D eigenvalue weighted by Gasteiger charge is -2.49. The van der Waals surface area contributed by atoms with E-state index >= 15 is 0 Å². The number of carbonyl (C=O) groups excluding carboxylic acids is 2. The maximum atomic E-state index is 13.0. The molecule has 5 heterocycles. The summed E-state index contributed by atoms with van der Waals surface area (Å²) < 4.78 is 11.1. The number of thioether (sulfide) groups is 1. The van der Waals surface area contributed by atoms with Crippen LogP contribution in [0.1, 0.15) is 5.82 Å². The number of nitrogens with zero attached hydrogens (tertiary/aromatic N) is 5. The number of hydrogen-bond donors (Lipinski definition) is 3. The zero-order chi connectivity index (χ0) is 24.7. The summed E-state index contributed by atoms with van der Waals surface area (Å²) in [5.74, 6) is -2.16. The first kappa shape index (κ1) is 22.8. The lowest BCUT2D eigenvalue weighted by molar-refractivity contribution is -0.687. The smallest absolute Gasteiger partial charge is 0.352 e. The number of nitrogens with one attached hydrogen (secondary N) is 1. The summed E-state index contributed by atoms with van der Waals surface area (Å²) in [6.07, 6.45) is 5.21. The second kappa shape index (κ2) is 8.99. The van der Waals surface area contributed by atoms with Gasteiger partial charge in [0.05, 0.1) is 11.6 Å². The van der Waals surface area contributed by atoms with E-state index in [1.54, 1.807) is 18.5 Å². The fourth-order valence-electron chi connectivity index (χ4n) is 3.90. The first-order valence-corrected chi connectivity index (χ1v) is 12.0. The molecule has 2 amide bonds. The summed E-state index contributed by atoms with van der Waals surface area (Å²) in [4.78, 5) is 47.8. The van der Waals surface area contributed by atoms with Crippen LogP contribution in [0.5, 0.6) is 0 Å². The Kier molecular flexibility index (Phi) is 5.86. The maximum Gasteiger partial charge on any atom is 0.352 e. The summed E-state index contributed by atoms with van der Waals surface area (Å²) in [5.41, 5.74) is 6.55. The fourth-order valence-corrected chi connectivity index (χ4v) is 5.67. The molecule has 0 aliphatic carbocycles. The molecule has 180 valence electrons. The molecule has 0 radical (unpaired) electrons. The first-order valence-electron chi connectivity index (χ1n) is 10.1. The number of carboxylic acids is 1. The molecule has 5 rings (SSSR count). The molecule has 0 bridgehead atoms. The number of nitrogen functional groups attached to an aromatic ring is 1. The normalized spacial score (nSPS) is 20.0. The van der Waals surface area contributed by atoms with E-state index in [1.165, 1.54) is 23.8 Å². The van der Waals surface area contributed by atoms with Gasteiger partial charge in [-0.05, 0) is 6.07 Å². The van der Waals surface area contributed by atoms with Gasteiger partial charge in [0.25, 0.3) is 11.8 Å². The van der Waals surface area contributed by atoms with Gasteiger partial charge in [-0.2, -0.15) is 9.36 Å². The highest BCUT2D eigenvalue weighted by Gasteiger charge is 2.54. The van der Waals surface area contributed by atoms with Crippen molar-refractivity contribution in [2.45, 2.75) is 18.0 Å². The number of carboxylic acid groups (broad SMARTS) is 1. The van der Waals surface area contributed by atoms with E-state index in [1.807, 2.05) is 16.8 Å². The number of aliphatic carboxylic acids is 1. The van der Waals surface area contributed by atoms with E-state index in [0.29, 0.717) is 11.3 Å². The number of fused-ring (bicyclic) bond motifs is 2. The third-order valence-corrected chi connectivity index (χ3v) is 7.29. The Morgan fingerprint density at radius 3 is 3.00 bits per heavy atom. The van der Waals surface area contributed by atoms with Gasteiger partial charge in [0, 0.05) is 28.9 Å². The molecule has 15 heteroatoms. The van der Waals surface area contributed by atoms with Crippen molar-refractivity contribution in [2.75, 3.05) is 18.6 Å². The Morgan fingerprint density at radius 1 is 1.46 bits per heavy atom. The molecule has 2 atom stereocenters. The summed E-state index contributed by atoms with van der Waals surface area (Å²) in [6, 6.07) is 2.66. The summed E-state index contributed by atoms with van der Waals surface area (Å²) >= 11 is 2.24. The number of oxime groups is 1.